The molecular weight excluding hydrogens is 410 g/mol. The van der Waals surface area contributed by atoms with E-state index in [1.54, 1.807) is 4.90 Å². The number of nitrogens with two attached hydrogens (primary N) is 1. The molecule has 1 fully saturated rings. The summed E-state index contributed by atoms with van der Waals surface area (Å²) in [6.45, 7) is 3.41. The van der Waals surface area contributed by atoms with Crippen LogP contribution in [0.2, 0.25) is 0 Å². The number of methoxy groups -OCH3 is 1. The van der Waals surface area contributed by atoms with Gasteiger partial charge in [-0.15, -0.1) is 0 Å². The van der Waals surface area contributed by atoms with E-state index in [-0.39, 0.29) is 23.2 Å². The van der Waals surface area contributed by atoms with Crippen molar-refractivity contribution < 1.29 is 27.4 Å². The summed E-state index contributed by atoms with van der Waals surface area (Å²) in [5.74, 6) is 1.54. The lowest BCUT2D eigenvalue weighted by molar-refractivity contribution is 0.0625. The summed E-state index contributed by atoms with van der Waals surface area (Å²) in [6, 6.07) is 9.94. The molecular formula is C20H23N3O6S. The highest BCUT2D eigenvalue weighted by Gasteiger charge is 2.26. The largest absolute Gasteiger partial charge is 0.496 e. The van der Waals surface area contributed by atoms with Crippen LogP contribution in [0.25, 0.3) is 0 Å². The first kappa shape index (κ1) is 20.5. The molecule has 4 rings (SSSR count). The predicted molar refractivity (Wildman–Crippen MR) is 108 cm³/mol. The summed E-state index contributed by atoms with van der Waals surface area (Å²) in [7, 11) is -2.48. The molecule has 1 amide bonds. The number of fused-ring (bicyclic) bond motifs is 1. The molecule has 10 heteroatoms. The van der Waals surface area contributed by atoms with Gasteiger partial charge in [-0.25, -0.2) is 13.6 Å². The molecule has 0 unspecified atom stereocenters. The lowest BCUT2D eigenvalue weighted by atomic mass is 10.1. The number of sulfonamides is 1. The van der Waals surface area contributed by atoms with E-state index >= 15 is 0 Å². The fraction of sp³-hybridized carbons (Fsp3) is 0.350. The fourth-order valence-electron chi connectivity index (χ4n) is 3.61. The summed E-state index contributed by atoms with van der Waals surface area (Å²) in [5, 5.41) is 5.20. The summed E-state index contributed by atoms with van der Waals surface area (Å²) < 4.78 is 39.3. The minimum atomic E-state index is -3.92. The smallest absolute Gasteiger partial charge is 0.257 e. The minimum absolute atomic E-state index is 0.118. The molecule has 30 heavy (non-hydrogen) atoms. The second-order valence-corrected chi connectivity index (χ2v) is 8.72. The SMILES string of the molecule is COc1ccc(S(N)(=O)=O)cc1C(=O)N1CCN(Cc2ccc3c(c2)OCO3)CC1. The van der Waals surface area contributed by atoms with E-state index in [0.29, 0.717) is 31.9 Å². The Bertz CT molecular complexity index is 1060. The highest BCUT2D eigenvalue weighted by atomic mass is 32.2. The van der Waals surface area contributed by atoms with E-state index in [2.05, 4.69) is 4.90 Å². The number of primary sulfonamides is 1. The molecule has 2 N–H and O–H groups in total. The maximum Gasteiger partial charge on any atom is 0.257 e. The van der Waals surface area contributed by atoms with Crippen LogP contribution in [0.1, 0.15) is 15.9 Å². The van der Waals surface area contributed by atoms with Crippen molar-refractivity contribution in [2.45, 2.75) is 11.4 Å². The fourth-order valence-corrected chi connectivity index (χ4v) is 4.15. The quantitative estimate of drug-likeness (QED) is 0.750. The molecule has 0 radical (unpaired) electrons. The number of amides is 1. The van der Waals surface area contributed by atoms with Gasteiger partial charge in [0.15, 0.2) is 11.5 Å². The first-order valence-electron chi connectivity index (χ1n) is 9.46. The number of rotatable bonds is 5. The van der Waals surface area contributed by atoms with Gasteiger partial charge in [0, 0.05) is 32.7 Å². The second-order valence-electron chi connectivity index (χ2n) is 7.16. The molecule has 2 aromatic carbocycles. The van der Waals surface area contributed by atoms with E-state index in [9.17, 15) is 13.2 Å². The lowest BCUT2D eigenvalue weighted by Crippen LogP contribution is -2.48. The monoisotopic (exact) mass is 433 g/mol. The zero-order valence-electron chi connectivity index (χ0n) is 16.5. The average Bonchev–Trinajstić information content (AvgIpc) is 3.20. The molecule has 0 bridgehead atoms. The lowest BCUT2D eigenvalue weighted by Gasteiger charge is -2.35. The number of nitrogens with zero attached hydrogens (tertiary/aromatic N) is 2. The summed E-state index contributed by atoms with van der Waals surface area (Å²) in [5.41, 5.74) is 1.30. The van der Waals surface area contributed by atoms with E-state index < -0.39 is 10.0 Å². The Hall–Kier alpha value is -2.82. The third-order valence-electron chi connectivity index (χ3n) is 5.23. The molecule has 0 aromatic heterocycles. The third kappa shape index (κ3) is 4.20. The van der Waals surface area contributed by atoms with Crippen molar-refractivity contribution in [2.75, 3.05) is 40.1 Å². The van der Waals surface area contributed by atoms with Crippen LogP contribution in [0.3, 0.4) is 0 Å². The number of carbonyl (C=O) groups is 1. The molecule has 0 atom stereocenters. The topological polar surface area (TPSA) is 111 Å². The summed E-state index contributed by atoms with van der Waals surface area (Å²) in [6.07, 6.45) is 0. The summed E-state index contributed by atoms with van der Waals surface area (Å²) >= 11 is 0. The first-order valence-corrected chi connectivity index (χ1v) is 11.0. The molecule has 160 valence electrons. The Morgan fingerprint density at radius 1 is 1.07 bits per heavy atom. The van der Waals surface area contributed by atoms with Crippen molar-refractivity contribution >= 4 is 15.9 Å². The van der Waals surface area contributed by atoms with Gasteiger partial charge >= 0.3 is 0 Å². The third-order valence-corrected chi connectivity index (χ3v) is 6.14. The molecule has 0 spiro atoms. The molecule has 2 heterocycles. The van der Waals surface area contributed by atoms with Crippen LogP contribution < -0.4 is 19.3 Å². The van der Waals surface area contributed by atoms with E-state index in [1.807, 2.05) is 18.2 Å². The van der Waals surface area contributed by atoms with Gasteiger partial charge in [0.05, 0.1) is 17.6 Å². The van der Waals surface area contributed by atoms with Gasteiger partial charge < -0.3 is 19.1 Å². The number of hydrogen-bond donors (Lipinski definition) is 1. The molecule has 1 saturated heterocycles. The molecule has 0 aliphatic carbocycles. The Kier molecular flexibility index (Phi) is 5.54. The van der Waals surface area contributed by atoms with Crippen LogP contribution in [0.5, 0.6) is 17.2 Å². The van der Waals surface area contributed by atoms with Gasteiger partial charge in [-0.05, 0) is 35.9 Å². The van der Waals surface area contributed by atoms with E-state index in [0.717, 1.165) is 23.6 Å². The predicted octanol–water partition coefficient (Wildman–Crippen LogP) is 1.03. The van der Waals surface area contributed by atoms with Gasteiger partial charge in [0.1, 0.15) is 5.75 Å². The van der Waals surface area contributed by atoms with Gasteiger partial charge in [0.25, 0.3) is 5.91 Å². The zero-order valence-corrected chi connectivity index (χ0v) is 17.4. The van der Waals surface area contributed by atoms with Crippen LogP contribution in [0, 0.1) is 0 Å². The van der Waals surface area contributed by atoms with Crippen LogP contribution >= 0.6 is 0 Å². The maximum atomic E-state index is 13.0. The second kappa shape index (κ2) is 8.13. The Labute approximate surface area is 175 Å². The van der Waals surface area contributed by atoms with Crippen molar-refractivity contribution in [3.63, 3.8) is 0 Å². The first-order chi connectivity index (χ1) is 14.3. The maximum absolute atomic E-state index is 13.0. The van der Waals surface area contributed by atoms with Crippen molar-refractivity contribution in [3.05, 3.63) is 47.5 Å². The highest BCUT2D eigenvalue weighted by Crippen LogP contribution is 2.33. The minimum Gasteiger partial charge on any atom is -0.496 e. The van der Waals surface area contributed by atoms with Gasteiger partial charge in [0.2, 0.25) is 16.8 Å². The van der Waals surface area contributed by atoms with Crippen LogP contribution in [0.15, 0.2) is 41.3 Å². The Morgan fingerprint density at radius 2 is 1.80 bits per heavy atom. The average molecular weight is 433 g/mol. The number of hydrogen-bond acceptors (Lipinski definition) is 7. The number of ether oxygens (including phenoxy) is 3. The normalized spacial score (nSPS) is 16.5. The molecule has 9 nitrogen and oxygen atoms in total. The van der Waals surface area contributed by atoms with Crippen LogP contribution in [0.4, 0.5) is 0 Å². The summed E-state index contributed by atoms with van der Waals surface area (Å²) in [4.78, 5) is 16.8. The van der Waals surface area contributed by atoms with Crippen molar-refractivity contribution in [2.24, 2.45) is 5.14 Å². The number of piperazine rings is 1. The van der Waals surface area contributed by atoms with Gasteiger partial charge in [-0.3, -0.25) is 9.69 Å². The number of carbonyl (C=O) groups excluding carboxylic acids is 1. The van der Waals surface area contributed by atoms with E-state index in [4.69, 9.17) is 19.3 Å². The van der Waals surface area contributed by atoms with Crippen molar-refractivity contribution in [1.82, 2.24) is 9.80 Å². The Balaban J connectivity index is 1.42. The Morgan fingerprint density at radius 3 is 2.50 bits per heavy atom. The molecule has 2 aromatic rings. The molecule has 0 saturated carbocycles. The highest BCUT2D eigenvalue weighted by molar-refractivity contribution is 7.89. The molecule has 2 aliphatic heterocycles. The standard InChI is InChI=1S/C20H23N3O6S/c1-27-17-5-3-15(30(21,25)26)11-16(17)20(24)23-8-6-22(7-9-23)12-14-2-4-18-19(10-14)29-13-28-18/h2-5,10-11H,6-9,12-13H2,1H3,(H2,21,25,26). The zero-order chi connectivity index (χ0) is 21.3. The van der Waals surface area contributed by atoms with Crippen LogP contribution in [-0.2, 0) is 16.6 Å². The molecule has 2 aliphatic rings. The van der Waals surface area contributed by atoms with Crippen LogP contribution in [-0.4, -0.2) is 64.2 Å². The van der Waals surface area contributed by atoms with Gasteiger partial charge in [-0.2, -0.15) is 0 Å². The van der Waals surface area contributed by atoms with Crippen molar-refractivity contribution in [1.29, 1.82) is 0 Å². The van der Waals surface area contributed by atoms with E-state index in [1.165, 1.54) is 25.3 Å². The van der Waals surface area contributed by atoms with Crippen molar-refractivity contribution in [3.8, 4) is 17.2 Å². The van der Waals surface area contributed by atoms with Gasteiger partial charge in [-0.1, -0.05) is 6.07 Å². The number of benzene rings is 2.